The molecule has 154 valence electrons. The van der Waals surface area contributed by atoms with E-state index in [1.807, 2.05) is 0 Å². The average Bonchev–Trinajstić information content (AvgIpc) is 3.42. The molecule has 4 aromatic rings. The quantitative estimate of drug-likeness (QED) is 0.485. The molecule has 0 saturated heterocycles. The van der Waals surface area contributed by atoms with Crippen LogP contribution in [0, 0.1) is 0 Å². The Balaban J connectivity index is 1.42. The third-order valence-corrected chi connectivity index (χ3v) is 3.96. The normalized spacial score (nSPS) is 11.6. The molecule has 0 amide bonds. The number of anilines is 1. The summed E-state index contributed by atoms with van der Waals surface area (Å²) in [7, 11) is 0. The minimum atomic E-state index is -4.69. The molecule has 0 saturated carbocycles. The molecule has 0 unspecified atom stereocenters. The highest BCUT2D eigenvalue weighted by molar-refractivity contribution is 5.55. The van der Waals surface area contributed by atoms with Crippen molar-refractivity contribution in [1.82, 2.24) is 25.3 Å². The summed E-state index contributed by atoms with van der Waals surface area (Å²) in [5.74, 6) is -0.802. The molecular formula is C18H13F3N6O3. The van der Waals surface area contributed by atoms with Crippen LogP contribution >= 0.6 is 0 Å². The summed E-state index contributed by atoms with van der Waals surface area (Å²) in [6.45, 7) is 0.124. The largest absolute Gasteiger partial charge is 0.471 e. The van der Waals surface area contributed by atoms with Crippen molar-refractivity contribution in [2.45, 2.75) is 19.3 Å². The topological polar surface area (TPSA) is 123 Å². The van der Waals surface area contributed by atoms with E-state index in [0.717, 1.165) is 5.56 Å². The van der Waals surface area contributed by atoms with Gasteiger partial charge < -0.3 is 19.5 Å². The number of aliphatic hydroxyl groups is 1. The van der Waals surface area contributed by atoms with Crippen LogP contribution in [0.15, 0.2) is 51.6 Å². The zero-order chi connectivity index (χ0) is 21.1. The van der Waals surface area contributed by atoms with Crippen LogP contribution in [-0.4, -0.2) is 30.4 Å². The number of rotatable bonds is 6. The van der Waals surface area contributed by atoms with Crippen LogP contribution in [-0.2, 0) is 19.3 Å². The van der Waals surface area contributed by atoms with E-state index in [2.05, 4.69) is 35.1 Å². The fourth-order valence-electron chi connectivity index (χ4n) is 2.50. The van der Waals surface area contributed by atoms with E-state index in [1.54, 1.807) is 42.6 Å². The molecule has 0 atom stereocenters. The van der Waals surface area contributed by atoms with Crippen LogP contribution in [0.25, 0.3) is 22.8 Å². The van der Waals surface area contributed by atoms with Crippen LogP contribution in [0.2, 0.25) is 0 Å². The molecule has 0 bridgehead atoms. The highest BCUT2D eigenvalue weighted by atomic mass is 19.4. The molecule has 2 N–H and O–H groups in total. The molecule has 0 fully saturated rings. The number of aliphatic hydroxyl groups excluding tert-OH is 1. The minimum absolute atomic E-state index is 0.146. The highest BCUT2D eigenvalue weighted by Gasteiger charge is 2.38. The Hall–Kier alpha value is -3.80. The SMILES string of the molecule is OCc1cc(-c2ccnc(NCc3ccc(-c4noc(C(F)(F)F)n4)cc3)n2)on1. The van der Waals surface area contributed by atoms with Gasteiger partial charge in [-0.3, -0.25) is 0 Å². The number of benzene rings is 1. The summed E-state index contributed by atoms with van der Waals surface area (Å²) in [5, 5.41) is 19.2. The first-order valence-corrected chi connectivity index (χ1v) is 8.56. The highest BCUT2D eigenvalue weighted by Crippen LogP contribution is 2.29. The first kappa shape index (κ1) is 19.5. The van der Waals surface area contributed by atoms with Crippen molar-refractivity contribution < 1.29 is 27.3 Å². The fourth-order valence-corrected chi connectivity index (χ4v) is 2.50. The van der Waals surface area contributed by atoms with Gasteiger partial charge in [0.2, 0.25) is 11.8 Å². The molecule has 0 radical (unpaired) electrons. The summed E-state index contributed by atoms with van der Waals surface area (Å²) >= 11 is 0. The van der Waals surface area contributed by atoms with E-state index in [1.165, 1.54) is 0 Å². The molecule has 4 rings (SSSR count). The van der Waals surface area contributed by atoms with Gasteiger partial charge in [-0.1, -0.05) is 34.6 Å². The Morgan fingerprint density at radius 3 is 2.47 bits per heavy atom. The molecule has 9 nitrogen and oxygen atoms in total. The van der Waals surface area contributed by atoms with E-state index in [0.29, 0.717) is 35.2 Å². The smallest absolute Gasteiger partial charge is 0.390 e. The fraction of sp³-hybridized carbons (Fsp3) is 0.167. The summed E-state index contributed by atoms with van der Waals surface area (Å²) in [6.07, 6.45) is -3.14. The van der Waals surface area contributed by atoms with Crippen molar-refractivity contribution in [1.29, 1.82) is 0 Å². The Kier molecular flexibility index (Phi) is 5.14. The van der Waals surface area contributed by atoms with Crippen LogP contribution in [0.5, 0.6) is 0 Å². The molecule has 0 aliphatic rings. The summed E-state index contributed by atoms with van der Waals surface area (Å²) in [5.41, 5.74) is 2.10. The maximum atomic E-state index is 12.6. The van der Waals surface area contributed by atoms with Gasteiger partial charge in [-0.05, 0) is 11.6 Å². The van der Waals surface area contributed by atoms with Crippen LogP contribution < -0.4 is 5.32 Å². The zero-order valence-corrected chi connectivity index (χ0v) is 15.1. The average molecular weight is 418 g/mol. The molecule has 12 heteroatoms. The minimum Gasteiger partial charge on any atom is -0.390 e. The summed E-state index contributed by atoms with van der Waals surface area (Å²) in [4.78, 5) is 11.8. The Morgan fingerprint density at radius 1 is 1.00 bits per heavy atom. The van der Waals surface area contributed by atoms with Gasteiger partial charge in [0.15, 0.2) is 5.76 Å². The number of hydrogen-bond donors (Lipinski definition) is 2. The predicted octanol–water partition coefficient (Wildman–Crippen LogP) is 3.30. The number of aromatic nitrogens is 5. The number of alkyl halides is 3. The zero-order valence-electron chi connectivity index (χ0n) is 15.1. The number of halogens is 3. The Morgan fingerprint density at radius 2 is 1.80 bits per heavy atom. The van der Waals surface area contributed by atoms with Gasteiger partial charge in [0.25, 0.3) is 0 Å². The van der Waals surface area contributed by atoms with E-state index < -0.39 is 12.1 Å². The van der Waals surface area contributed by atoms with Crippen molar-refractivity contribution in [2.24, 2.45) is 0 Å². The number of nitrogens with one attached hydrogen (secondary N) is 1. The second-order valence-corrected chi connectivity index (χ2v) is 6.08. The van der Waals surface area contributed by atoms with Crippen LogP contribution in [0.1, 0.15) is 17.1 Å². The van der Waals surface area contributed by atoms with Gasteiger partial charge in [0.1, 0.15) is 11.4 Å². The maximum absolute atomic E-state index is 12.6. The molecule has 1 aromatic carbocycles. The lowest BCUT2D eigenvalue weighted by molar-refractivity contribution is -0.159. The Bertz CT molecular complexity index is 1140. The van der Waals surface area contributed by atoms with Gasteiger partial charge in [0.05, 0.1) is 6.61 Å². The third-order valence-electron chi connectivity index (χ3n) is 3.96. The van der Waals surface area contributed by atoms with E-state index in [-0.39, 0.29) is 12.4 Å². The molecule has 0 aliphatic carbocycles. The molecule has 30 heavy (non-hydrogen) atoms. The summed E-state index contributed by atoms with van der Waals surface area (Å²) < 4.78 is 47.0. The molecule has 3 aromatic heterocycles. The first-order valence-electron chi connectivity index (χ1n) is 8.56. The van der Waals surface area contributed by atoms with Crippen molar-refractivity contribution in [3.05, 3.63) is 59.7 Å². The molecule has 0 spiro atoms. The molecule has 0 aliphatic heterocycles. The molecule has 3 heterocycles. The van der Waals surface area contributed by atoms with Crippen molar-refractivity contribution in [3.63, 3.8) is 0 Å². The lowest BCUT2D eigenvalue weighted by Gasteiger charge is -2.06. The van der Waals surface area contributed by atoms with Gasteiger partial charge in [-0.2, -0.15) is 18.2 Å². The lowest BCUT2D eigenvalue weighted by Crippen LogP contribution is -2.05. The van der Waals surface area contributed by atoms with E-state index in [4.69, 9.17) is 9.63 Å². The van der Waals surface area contributed by atoms with Crippen molar-refractivity contribution >= 4 is 5.95 Å². The first-order chi connectivity index (χ1) is 14.4. The van der Waals surface area contributed by atoms with E-state index >= 15 is 0 Å². The molecular weight excluding hydrogens is 405 g/mol. The van der Waals surface area contributed by atoms with Gasteiger partial charge >= 0.3 is 12.1 Å². The number of nitrogens with zero attached hydrogens (tertiary/aromatic N) is 5. The predicted molar refractivity (Wildman–Crippen MR) is 95.5 cm³/mol. The monoisotopic (exact) mass is 418 g/mol. The van der Waals surface area contributed by atoms with Gasteiger partial charge in [0, 0.05) is 24.4 Å². The summed E-state index contributed by atoms with van der Waals surface area (Å²) in [6, 6.07) is 9.81. The second-order valence-electron chi connectivity index (χ2n) is 6.08. The lowest BCUT2D eigenvalue weighted by atomic mass is 10.1. The van der Waals surface area contributed by atoms with Gasteiger partial charge in [-0.15, -0.1) is 0 Å². The number of hydrogen-bond acceptors (Lipinski definition) is 9. The standard InChI is InChI=1S/C18H13F3N6O3/c19-18(20,21)16-25-15(27-30-16)11-3-1-10(2-4-11)8-23-17-22-6-5-13(24-17)14-7-12(9-28)26-29-14/h1-7,28H,8-9H2,(H,22,23,24). The van der Waals surface area contributed by atoms with Crippen LogP contribution in [0.3, 0.4) is 0 Å². The second kappa shape index (κ2) is 7.91. The van der Waals surface area contributed by atoms with E-state index in [9.17, 15) is 13.2 Å². The Labute approximate surface area is 166 Å². The third kappa shape index (κ3) is 4.27. The van der Waals surface area contributed by atoms with Crippen molar-refractivity contribution in [3.8, 4) is 22.8 Å². The maximum Gasteiger partial charge on any atom is 0.471 e. The van der Waals surface area contributed by atoms with Gasteiger partial charge in [-0.25, -0.2) is 9.97 Å². The van der Waals surface area contributed by atoms with Crippen LogP contribution in [0.4, 0.5) is 19.1 Å². The van der Waals surface area contributed by atoms with Crippen molar-refractivity contribution in [2.75, 3.05) is 5.32 Å².